The van der Waals surface area contributed by atoms with Crippen LogP contribution < -0.4 is 15.5 Å². The lowest BCUT2D eigenvalue weighted by Crippen LogP contribution is -2.24. The highest BCUT2D eigenvalue weighted by Gasteiger charge is 2.09. The quantitative estimate of drug-likeness (QED) is 0.375. The second-order valence-electron chi connectivity index (χ2n) is 6.02. The minimum Gasteiger partial charge on any atom is -0.493 e. The summed E-state index contributed by atoms with van der Waals surface area (Å²) in [5, 5.41) is 8.58. The van der Waals surface area contributed by atoms with Crippen molar-refractivity contribution in [3.63, 3.8) is 0 Å². The fourth-order valence-corrected chi connectivity index (χ4v) is 2.77. The Labute approximate surface area is 163 Å². The normalized spacial score (nSPS) is 10.8. The second kappa shape index (κ2) is 9.32. The highest BCUT2D eigenvalue weighted by atomic mass is 16.5. The highest BCUT2D eigenvalue weighted by molar-refractivity contribution is 6.05. The molecular formula is C22H21N3O3. The van der Waals surface area contributed by atoms with Gasteiger partial charge in [-0.25, -0.2) is 5.43 Å². The molecule has 0 saturated carbocycles. The van der Waals surface area contributed by atoms with Crippen LogP contribution in [0.4, 0.5) is 5.69 Å². The van der Waals surface area contributed by atoms with Crippen LogP contribution in [0.25, 0.3) is 10.8 Å². The van der Waals surface area contributed by atoms with Crippen LogP contribution in [0.1, 0.15) is 18.9 Å². The van der Waals surface area contributed by atoms with Crippen LogP contribution >= 0.6 is 0 Å². The first-order chi connectivity index (χ1) is 13.7. The largest absolute Gasteiger partial charge is 0.493 e. The van der Waals surface area contributed by atoms with Gasteiger partial charge in [-0.15, -0.1) is 0 Å². The number of nitrogens with zero attached hydrogens (tertiary/aromatic N) is 1. The van der Waals surface area contributed by atoms with Gasteiger partial charge in [0.05, 0.1) is 12.8 Å². The van der Waals surface area contributed by atoms with Crippen molar-refractivity contribution >= 4 is 34.5 Å². The van der Waals surface area contributed by atoms with Crippen LogP contribution in [0.5, 0.6) is 5.75 Å². The molecule has 0 aromatic heterocycles. The zero-order valence-electron chi connectivity index (χ0n) is 15.5. The van der Waals surface area contributed by atoms with Crippen molar-refractivity contribution in [1.29, 1.82) is 0 Å². The first-order valence-electron chi connectivity index (χ1n) is 8.98. The van der Waals surface area contributed by atoms with Crippen LogP contribution in [0.3, 0.4) is 0 Å². The molecule has 142 valence electrons. The number of nitrogens with one attached hydrogen (secondary N) is 2. The molecule has 0 aliphatic rings. The fraction of sp³-hybridized carbons (Fsp3) is 0.136. The van der Waals surface area contributed by atoms with E-state index in [9.17, 15) is 9.59 Å². The minimum atomic E-state index is -0.486. The molecule has 0 heterocycles. The number of carbonyl (C=O) groups is 2. The second-order valence-corrected chi connectivity index (χ2v) is 6.02. The van der Waals surface area contributed by atoms with Crippen molar-refractivity contribution < 1.29 is 14.3 Å². The maximum Gasteiger partial charge on any atom is 0.249 e. The maximum absolute atomic E-state index is 11.9. The number of hydrogen-bond acceptors (Lipinski definition) is 4. The van der Waals surface area contributed by atoms with Crippen molar-refractivity contribution in [2.45, 2.75) is 13.3 Å². The first kappa shape index (κ1) is 19.1. The number of carbonyl (C=O) groups excluding carboxylic acids is 2. The number of rotatable bonds is 7. The zero-order valence-corrected chi connectivity index (χ0v) is 15.5. The molecule has 6 heteroatoms. The van der Waals surface area contributed by atoms with Crippen molar-refractivity contribution in [3.05, 3.63) is 72.3 Å². The van der Waals surface area contributed by atoms with Gasteiger partial charge in [0.1, 0.15) is 12.2 Å². The summed E-state index contributed by atoms with van der Waals surface area (Å²) in [5.74, 6) is -0.0813. The average molecular weight is 375 g/mol. The number of para-hydroxylation sites is 1. The summed E-state index contributed by atoms with van der Waals surface area (Å²) in [5.41, 5.74) is 3.87. The summed E-state index contributed by atoms with van der Waals surface area (Å²) in [6.45, 7) is 2.52. The van der Waals surface area contributed by atoms with Crippen LogP contribution in [-0.2, 0) is 9.59 Å². The Kier molecular flexibility index (Phi) is 6.36. The van der Waals surface area contributed by atoms with Crippen LogP contribution in [0.15, 0.2) is 71.8 Å². The van der Waals surface area contributed by atoms with E-state index in [1.807, 2.05) is 49.4 Å². The van der Waals surface area contributed by atoms with Gasteiger partial charge in [-0.2, -0.15) is 5.10 Å². The van der Waals surface area contributed by atoms with Crippen LogP contribution in [-0.4, -0.2) is 24.6 Å². The Morgan fingerprint density at radius 2 is 1.64 bits per heavy atom. The van der Waals surface area contributed by atoms with Gasteiger partial charge in [-0.1, -0.05) is 42.5 Å². The van der Waals surface area contributed by atoms with E-state index in [1.54, 1.807) is 30.5 Å². The van der Waals surface area contributed by atoms with Crippen molar-refractivity contribution in [1.82, 2.24) is 5.43 Å². The number of ether oxygens (including phenoxy) is 1. The maximum atomic E-state index is 11.9. The molecule has 2 amide bonds. The van der Waals surface area contributed by atoms with E-state index in [4.69, 9.17) is 4.74 Å². The molecule has 0 aliphatic carbocycles. The zero-order chi connectivity index (χ0) is 19.8. The van der Waals surface area contributed by atoms with Gasteiger partial charge in [0, 0.05) is 16.6 Å². The van der Waals surface area contributed by atoms with Gasteiger partial charge in [0.25, 0.3) is 0 Å². The van der Waals surface area contributed by atoms with Crippen molar-refractivity contribution in [3.8, 4) is 5.75 Å². The molecule has 0 saturated heterocycles. The molecule has 0 radical (unpaired) electrons. The van der Waals surface area contributed by atoms with E-state index < -0.39 is 11.8 Å². The molecule has 0 atom stereocenters. The Morgan fingerprint density at radius 1 is 0.929 bits per heavy atom. The molecule has 3 aromatic carbocycles. The smallest absolute Gasteiger partial charge is 0.249 e. The summed E-state index contributed by atoms with van der Waals surface area (Å²) in [6.07, 6.45) is 1.25. The molecule has 3 rings (SSSR count). The summed E-state index contributed by atoms with van der Waals surface area (Å²) in [7, 11) is 0. The van der Waals surface area contributed by atoms with Crippen molar-refractivity contribution in [2.75, 3.05) is 11.9 Å². The summed E-state index contributed by atoms with van der Waals surface area (Å²) in [6, 6.07) is 20.5. The Balaban J connectivity index is 1.62. The SMILES string of the molecule is CCOc1ccc(C=NNC(=O)CC(=O)Nc2ccccc2)c2ccccc12. The summed E-state index contributed by atoms with van der Waals surface area (Å²) in [4.78, 5) is 23.8. The van der Waals surface area contributed by atoms with Gasteiger partial charge in [0.2, 0.25) is 11.8 Å². The molecular weight excluding hydrogens is 354 g/mol. The topological polar surface area (TPSA) is 79.8 Å². The molecule has 0 fully saturated rings. The standard InChI is InChI=1S/C22H21N3O3/c1-2-28-20-13-12-16(18-10-6-7-11-19(18)20)15-23-25-22(27)14-21(26)24-17-8-4-3-5-9-17/h3-13,15H,2,14H2,1H3,(H,24,26)(H,25,27). The predicted molar refractivity (Wildman–Crippen MR) is 111 cm³/mol. The van der Waals surface area contributed by atoms with E-state index in [0.717, 1.165) is 22.1 Å². The van der Waals surface area contributed by atoms with Gasteiger partial charge >= 0.3 is 0 Å². The number of anilines is 1. The third-order valence-electron chi connectivity index (χ3n) is 3.99. The van der Waals surface area contributed by atoms with Gasteiger partial charge in [0.15, 0.2) is 0 Å². The Hall–Kier alpha value is -3.67. The van der Waals surface area contributed by atoms with E-state index in [1.165, 1.54) is 0 Å². The monoisotopic (exact) mass is 375 g/mol. The van der Waals surface area contributed by atoms with E-state index in [2.05, 4.69) is 15.8 Å². The third-order valence-corrected chi connectivity index (χ3v) is 3.99. The highest BCUT2D eigenvalue weighted by Crippen LogP contribution is 2.27. The van der Waals surface area contributed by atoms with Gasteiger partial charge in [-0.05, 0) is 36.6 Å². The molecule has 0 bridgehead atoms. The number of amides is 2. The molecule has 0 aliphatic heterocycles. The average Bonchev–Trinajstić information content (AvgIpc) is 2.70. The predicted octanol–water partition coefficient (Wildman–Crippen LogP) is 3.72. The van der Waals surface area contributed by atoms with E-state index >= 15 is 0 Å². The molecule has 0 unspecified atom stereocenters. The Morgan fingerprint density at radius 3 is 2.39 bits per heavy atom. The van der Waals surface area contributed by atoms with Gasteiger partial charge in [-0.3, -0.25) is 9.59 Å². The minimum absolute atomic E-state index is 0.309. The fourth-order valence-electron chi connectivity index (χ4n) is 2.77. The molecule has 0 spiro atoms. The van der Waals surface area contributed by atoms with E-state index in [-0.39, 0.29) is 6.42 Å². The third kappa shape index (κ3) is 4.94. The van der Waals surface area contributed by atoms with Crippen LogP contribution in [0, 0.1) is 0 Å². The molecule has 28 heavy (non-hydrogen) atoms. The van der Waals surface area contributed by atoms with Crippen molar-refractivity contribution in [2.24, 2.45) is 5.10 Å². The molecule has 2 N–H and O–H groups in total. The van der Waals surface area contributed by atoms with E-state index in [0.29, 0.717) is 12.3 Å². The molecule has 3 aromatic rings. The number of hydrazone groups is 1. The molecule has 6 nitrogen and oxygen atoms in total. The lowest BCUT2D eigenvalue weighted by molar-refractivity contribution is -0.126. The summed E-state index contributed by atoms with van der Waals surface area (Å²) >= 11 is 0. The van der Waals surface area contributed by atoms with Crippen LogP contribution in [0.2, 0.25) is 0 Å². The Bertz CT molecular complexity index is 1000. The van der Waals surface area contributed by atoms with Gasteiger partial charge < -0.3 is 10.1 Å². The number of benzene rings is 3. The number of hydrogen-bond donors (Lipinski definition) is 2. The lowest BCUT2D eigenvalue weighted by atomic mass is 10.0. The lowest BCUT2D eigenvalue weighted by Gasteiger charge is -2.09. The summed E-state index contributed by atoms with van der Waals surface area (Å²) < 4.78 is 5.65. The first-order valence-corrected chi connectivity index (χ1v) is 8.98. The number of fused-ring (bicyclic) bond motifs is 1.